The number of benzene rings is 1. The van der Waals surface area contributed by atoms with Gasteiger partial charge < -0.3 is 15.2 Å². The number of aromatic nitrogens is 3. The summed E-state index contributed by atoms with van der Waals surface area (Å²) >= 11 is 0. The summed E-state index contributed by atoms with van der Waals surface area (Å²) in [7, 11) is 1.53. The third kappa shape index (κ3) is 2.78. The summed E-state index contributed by atoms with van der Waals surface area (Å²) in [4.78, 5) is 4.08. The van der Waals surface area contributed by atoms with E-state index in [4.69, 9.17) is 4.74 Å². The van der Waals surface area contributed by atoms with Crippen molar-refractivity contribution in [3.8, 4) is 11.5 Å². The standard InChI is InChI=1S/C12H16N4O2/c1-8(12-14-7-15-16-12)13-6-9-3-4-10(17)11(5-9)18-2/h3-5,7-8,13,17H,6H2,1-2H3,(H,14,15,16). The maximum atomic E-state index is 9.49. The lowest BCUT2D eigenvalue weighted by Crippen LogP contribution is -2.19. The SMILES string of the molecule is COc1cc(CNC(C)c2ncn[nH]2)ccc1O. The second-order valence-corrected chi connectivity index (χ2v) is 3.98. The van der Waals surface area contributed by atoms with Crippen molar-refractivity contribution >= 4 is 0 Å². The number of phenols is 1. The van der Waals surface area contributed by atoms with Crippen LogP contribution in [0.4, 0.5) is 0 Å². The molecule has 96 valence electrons. The molecule has 1 aromatic heterocycles. The maximum Gasteiger partial charge on any atom is 0.160 e. The number of hydrogen-bond donors (Lipinski definition) is 3. The summed E-state index contributed by atoms with van der Waals surface area (Å²) < 4.78 is 5.06. The first-order chi connectivity index (χ1) is 8.70. The molecule has 2 rings (SSSR count). The number of aromatic amines is 1. The number of rotatable bonds is 5. The van der Waals surface area contributed by atoms with E-state index in [0.717, 1.165) is 11.4 Å². The lowest BCUT2D eigenvalue weighted by molar-refractivity contribution is 0.372. The first-order valence-electron chi connectivity index (χ1n) is 5.65. The van der Waals surface area contributed by atoms with Crippen LogP contribution in [0.5, 0.6) is 11.5 Å². The van der Waals surface area contributed by atoms with Crippen molar-refractivity contribution < 1.29 is 9.84 Å². The van der Waals surface area contributed by atoms with Gasteiger partial charge in [0.05, 0.1) is 13.2 Å². The Bertz CT molecular complexity index is 499. The Balaban J connectivity index is 1.98. The number of H-pyrrole nitrogens is 1. The Hall–Kier alpha value is -2.08. The van der Waals surface area contributed by atoms with Gasteiger partial charge in [-0.2, -0.15) is 5.10 Å². The van der Waals surface area contributed by atoms with E-state index >= 15 is 0 Å². The Morgan fingerprint density at radius 2 is 2.33 bits per heavy atom. The fraction of sp³-hybridized carbons (Fsp3) is 0.333. The van der Waals surface area contributed by atoms with Crippen molar-refractivity contribution in [2.45, 2.75) is 19.5 Å². The van der Waals surface area contributed by atoms with Crippen LogP contribution in [-0.4, -0.2) is 27.4 Å². The van der Waals surface area contributed by atoms with Gasteiger partial charge >= 0.3 is 0 Å². The smallest absolute Gasteiger partial charge is 0.160 e. The van der Waals surface area contributed by atoms with Crippen LogP contribution in [0.15, 0.2) is 24.5 Å². The van der Waals surface area contributed by atoms with E-state index in [0.29, 0.717) is 12.3 Å². The summed E-state index contributed by atoms with van der Waals surface area (Å²) in [6.07, 6.45) is 1.48. The highest BCUT2D eigenvalue weighted by atomic mass is 16.5. The van der Waals surface area contributed by atoms with Crippen molar-refractivity contribution in [3.05, 3.63) is 35.9 Å². The molecule has 0 aliphatic carbocycles. The molecule has 1 unspecified atom stereocenters. The fourth-order valence-corrected chi connectivity index (χ4v) is 1.62. The van der Waals surface area contributed by atoms with Crippen molar-refractivity contribution in [2.75, 3.05) is 7.11 Å². The minimum absolute atomic E-state index is 0.0762. The Labute approximate surface area is 105 Å². The van der Waals surface area contributed by atoms with Crippen LogP contribution in [0.1, 0.15) is 24.4 Å². The second kappa shape index (κ2) is 5.50. The monoisotopic (exact) mass is 248 g/mol. The van der Waals surface area contributed by atoms with E-state index in [2.05, 4.69) is 20.5 Å². The van der Waals surface area contributed by atoms with Crippen LogP contribution < -0.4 is 10.1 Å². The molecule has 0 aliphatic rings. The van der Waals surface area contributed by atoms with Crippen LogP contribution in [-0.2, 0) is 6.54 Å². The Morgan fingerprint density at radius 3 is 3.00 bits per heavy atom. The molecule has 0 saturated heterocycles. The van der Waals surface area contributed by atoms with Gasteiger partial charge in [0, 0.05) is 6.54 Å². The molecule has 2 aromatic rings. The Kier molecular flexibility index (Phi) is 3.78. The number of aromatic hydroxyl groups is 1. The molecule has 18 heavy (non-hydrogen) atoms. The largest absolute Gasteiger partial charge is 0.504 e. The van der Waals surface area contributed by atoms with Gasteiger partial charge in [0.1, 0.15) is 12.2 Å². The molecule has 0 bridgehead atoms. The number of hydrogen-bond acceptors (Lipinski definition) is 5. The average molecular weight is 248 g/mol. The highest BCUT2D eigenvalue weighted by Gasteiger charge is 2.08. The van der Waals surface area contributed by atoms with E-state index in [9.17, 15) is 5.11 Å². The van der Waals surface area contributed by atoms with Crippen molar-refractivity contribution in [1.29, 1.82) is 0 Å². The molecule has 1 heterocycles. The summed E-state index contributed by atoms with van der Waals surface area (Å²) in [6, 6.07) is 5.34. The average Bonchev–Trinajstić information content (AvgIpc) is 2.91. The topological polar surface area (TPSA) is 83.1 Å². The molecule has 0 aliphatic heterocycles. The van der Waals surface area contributed by atoms with Gasteiger partial charge in [-0.05, 0) is 24.6 Å². The molecule has 1 atom stereocenters. The number of methoxy groups -OCH3 is 1. The highest BCUT2D eigenvalue weighted by Crippen LogP contribution is 2.26. The molecule has 3 N–H and O–H groups in total. The van der Waals surface area contributed by atoms with Crippen LogP contribution in [0.3, 0.4) is 0 Å². The second-order valence-electron chi connectivity index (χ2n) is 3.98. The summed E-state index contributed by atoms with van der Waals surface area (Å²) in [5, 5.41) is 19.4. The van der Waals surface area contributed by atoms with Gasteiger partial charge in [0.25, 0.3) is 0 Å². The molecule has 0 fully saturated rings. The van der Waals surface area contributed by atoms with E-state index in [1.54, 1.807) is 12.1 Å². The molecule has 0 amide bonds. The van der Waals surface area contributed by atoms with Crippen LogP contribution in [0.25, 0.3) is 0 Å². The highest BCUT2D eigenvalue weighted by molar-refractivity contribution is 5.41. The predicted molar refractivity (Wildman–Crippen MR) is 66.3 cm³/mol. The first kappa shape index (κ1) is 12.4. The molecule has 6 nitrogen and oxygen atoms in total. The maximum absolute atomic E-state index is 9.49. The quantitative estimate of drug-likeness (QED) is 0.744. The third-order valence-corrected chi connectivity index (χ3v) is 2.70. The van der Waals surface area contributed by atoms with Crippen LogP contribution >= 0.6 is 0 Å². The molecular weight excluding hydrogens is 232 g/mol. The summed E-state index contributed by atoms with van der Waals surface area (Å²) in [6.45, 7) is 2.65. The third-order valence-electron chi connectivity index (χ3n) is 2.70. The van der Waals surface area contributed by atoms with Gasteiger partial charge in [-0.25, -0.2) is 4.98 Å². The van der Waals surface area contributed by atoms with E-state index in [1.807, 2.05) is 13.0 Å². The van der Waals surface area contributed by atoms with Gasteiger partial charge in [-0.15, -0.1) is 0 Å². The van der Waals surface area contributed by atoms with Crippen LogP contribution in [0, 0.1) is 0 Å². The predicted octanol–water partition coefficient (Wildman–Crippen LogP) is 1.37. The molecule has 0 radical (unpaired) electrons. The van der Waals surface area contributed by atoms with Gasteiger partial charge in [0.2, 0.25) is 0 Å². The number of nitrogens with one attached hydrogen (secondary N) is 2. The normalized spacial score (nSPS) is 12.3. The zero-order chi connectivity index (χ0) is 13.0. The summed E-state index contributed by atoms with van der Waals surface area (Å²) in [5.74, 6) is 1.41. The summed E-state index contributed by atoms with van der Waals surface area (Å²) in [5.41, 5.74) is 1.02. The minimum Gasteiger partial charge on any atom is -0.504 e. The minimum atomic E-state index is 0.0762. The zero-order valence-corrected chi connectivity index (χ0v) is 10.3. The van der Waals surface area contributed by atoms with E-state index in [-0.39, 0.29) is 11.8 Å². The number of nitrogens with zero attached hydrogens (tertiary/aromatic N) is 2. The van der Waals surface area contributed by atoms with Crippen LogP contribution in [0.2, 0.25) is 0 Å². The van der Waals surface area contributed by atoms with Gasteiger partial charge in [0.15, 0.2) is 11.5 Å². The lowest BCUT2D eigenvalue weighted by Gasteiger charge is -2.12. The Morgan fingerprint density at radius 1 is 1.50 bits per heavy atom. The van der Waals surface area contributed by atoms with E-state index < -0.39 is 0 Å². The van der Waals surface area contributed by atoms with E-state index in [1.165, 1.54) is 13.4 Å². The van der Waals surface area contributed by atoms with Gasteiger partial charge in [-0.1, -0.05) is 6.07 Å². The van der Waals surface area contributed by atoms with Gasteiger partial charge in [-0.3, -0.25) is 5.10 Å². The zero-order valence-electron chi connectivity index (χ0n) is 10.3. The molecule has 1 aromatic carbocycles. The molecule has 6 heteroatoms. The number of phenolic OH excluding ortho intramolecular Hbond substituents is 1. The number of ether oxygens (including phenoxy) is 1. The van der Waals surface area contributed by atoms with Crippen molar-refractivity contribution in [2.24, 2.45) is 0 Å². The van der Waals surface area contributed by atoms with Crippen molar-refractivity contribution in [1.82, 2.24) is 20.5 Å². The molecular formula is C12H16N4O2. The fourth-order valence-electron chi connectivity index (χ4n) is 1.62. The van der Waals surface area contributed by atoms with Crippen molar-refractivity contribution in [3.63, 3.8) is 0 Å². The molecule has 0 spiro atoms. The lowest BCUT2D eigenvalue weighted by atomic mass is 10.2. The molecule has 0 saturated carbocycles. The first-order valence-corrected chi connectivity index (χ1v) is 5.65.